The molecule has 116 valence electrons. The van der Waals surface area contributed by atoms with Gasteiger partial charge in [0, 0.05) is 11.6 Å². The average molecular weight is 339 g/mol. The van der Waals surface area contributed by atoms with Gasteiger partial charge >= 0.3 is 0 Å². The molecule has 0 bridgehead atoms. The number of primary amides is 1. The van der Waals surface area contributed by atoms with E-state index in [0.29, 0.717) is 5.02 Å². The van der Waals surface area contributed by atoms with E-state index in [9.17, 15) is 13.2 Å². The van der Waals surface area contributed by atoms with E-state index in [1.807, 2.05) is 6.07 Å². The highest BCUT2D eigenvalue weighted by molar-refractivity contribution is 7.89. The first-order valence-electron chi connectivity index (χ1n) is 6.47. The van der Waals surface area contributed by atoms with Gasteiger partial charge in [-0.3, -0.25) is 4.79 Å². The maximum Gasteiger partial charge on any atom is 0.243 e. The highest BCUT2D eigenvalue weighted by atomic mass is 35.5. The van der Waals surface area contributed by atoms with Gasteiger partial charge in [-0.2, -0.15) is 4.31 Å². The molecule has 7 heteroatoms. The second kappa shape index (κ2) is 6.91. The van der Waals surface area contributed by atoms with Crippen molar-refractivity contribution in [1.29, 1.82) is 0 Å². The van der Waals surface area contributed by atoms with Gasteiger partial charge in [0.2, 0.25) is 15.9 Å². The van der Waals surface area contributed by atoms with Gasteiger partial charge in [0.1, 0.15) is 0 Å². The average Bonchev–Trinajstić information content (AvgIpc) is 2.47. The monoisotopic (exact) mass is 338 g/mol. The second-order valence-corrected chi connectivity index (χ2v) is 7.06. The normalized spacial score (nSPS) is 11.5. The molecule has 5 nitrogen and oxygen atoms in total. The Kier molecular flexibility index (Phi) is 5.18. The lowest BCUT2D eigenvalue weighted by Gasteiger charge is -2.21. The molecule has 0 heterocycles. The summed E-state index contributed by atoms with van der Waals surface area (Å²) < 4.78 is 26.4. The van der Waals surface area contributed by atoms with Gasteiger partial charge in [-0.25, -0.2) is 8.42 Å². The van der Waals surface area contributed by atoms with Gasteiger partial charge in [-0.1, -0.05) is 48.0 Å². The zero-order valence-electron chi connectivity index (χ0n) is 11.6. The second-order valence-electron chi connectivity index (χ2n) is 4.68. The van der Waals surface area contributed by atoms with E-state index in [1.165, 1.54) is 12.1 Å². The zero-order chi connectivity index (χ0) is 16.2. The predicted octanol–water partition coefficient (Wildman–Crippen LogP) is 2.02. The van der Waals surface area contributed by atoms with E-state index >= 15 is 0 Å². The minimum atomic E-state index is -3.87. The summed E-state index contributed by atoms with van der Waals surface area (Å²) in [7, 11) is -3.87. The number of benzene rings is 2. The molecule has 2 N–H and O–H groups in total. The van der Waals surface area contributed by atoms with Crippen molar-refractivity contribution in [2.24, 2.45) is 5.73 Å². The Morgan fingerprint density at radius 3 is 2.36 bits per heavy atom. The summed E-state index contributed by atoms with van der Waals surface area (Å²) in [4.78, 5) is 11.3. The minimum Gasteiger partial charge on any atom is -0.369 e. The zero-order valence-corrected chi connectivity index (χ0v) is 13.2. The largest absolute Gasteiger partial charge is 0.369 e. The molecule has 0 aromatic heterocycles. The Labute approximate surface area is 134 Å². The molecular formula is C15H15ClN2O3S. The van der Waals surface area contributed by atoms with Crippen molar-refractivity contribution in [3.63, 3.8) is 0 Å². The lowest BCUT2D eigenvalue weighted by atomic mass is 10.2. The molecule has 0 spiro atoms. The van der Waals surface area contributed by atoms with E-state index in [2.05, 4.69) is 0 Å². The van der Waals surface area contributed by atoms with E-state index in [1.54, 1.807) is 36.4 Å². The molecule has 0 aliphatic rings. The number of rotatable bonds is 6. The van der Waals surface area contributed by atoms with Crippen molar-refractivity contribution in [1.82, 2.24) is 4.31 Å². The Balaban J connectivity index is 2.37. The molecule has 0 saturated carbocycles. The van der Waals surface area contributed by atoms with Crippen molar-refractivity contribution in [2.75, 3.05) is 6.54 Å². The highest BCUT2D eigenvalue weighted by Crippen LogP contribution is 2.21. The first-order chi connectivity index (χ1) is 10.4. The van der Waals surface area contributed by atoms with Crippen LogP contribution in [0.1, 0.15) is 5.56 Å². The Morgan fingerprint density at radius 2 is 1.77 bits per heavy atom. The Bertz CT molecular complexity index is 763. The van der Waals surface area contributed by atoms with Gasteiger partial charge in [-0.05, 0) is 23.8 Å². The molecule has 0 radical (unpaired) electrons. The van der Waals surface area contributed by atoms with Crippen LogP contribution < -0.4 is 5.73 Å². The third-order valence-electron chi connectivity index (χ3n) is 2.97. The molecule has 0 aliphatic heterocycles. The topological polar surface area (TPSA) is 80.5 Å². The predicted molar refractivity (Wildman–Crippen MR) is 84.7 cm³/mol. The summed E-state index contributed by atoms with van der Waals surface area (Å²) in [6.07, 6.45) is 0. The van der Waals surface area contributed by atoms with Crippen LogP contribution in [0.4, 0.5) is 0 Å². The van der Waals surface area contributed by atoms with Crippen LogP contribution in [0.25, 0.3) is 0 Å². The van der Waals surface area contributed by atoms with Gasteiger partial charge in [0.25, 0.3) is 0 Å². The van der Waals surface area contributed by atoms with Crippen molar-refractivity contribution >= 4 is 27.5 Å². The van der Waals surface area contributed by atoms with E-state index in [0.717, 1.165) is 9.87 Å². The number of carbonyl (C=O) groups is 1. The van der Waals surface area contributed by atoms with Gasteiger partial charge in [-0.15, -0.1) is 0 Å². The molecular weight excluding hydrogens is 324 g/mol. The van der Waals surface area contributed by atoms with Crippen LogP contribution in [0.15, 0.2) is 59.5 Å². The Hall–Kier alpha value is -1.89. The minimum absolute atomic E-state index is 0.0252. The fourth-order valence-electron chi connectivity index (χ4n) is 1.96. The first-order valence-corrected chi connectivity index (χ1v) is 8.29. The molecule has 2 rings (SSSR count). The van der Waals surface area contributed by atoms with Crippen LogP contribution in [0, 0.1) is 0 Å². The van der Waals surface area contributed by atoms with Crippen molar-refractivity contribution in [3.05, 3.63) is 65.2 Å². The van der Waals surface area contributed by atoms with Gasteiger partial charge < -0.3 is 5.73 Å². The maximum atomic E-state index is 12.7. The molecule has 0 saturated heterocycles. The number of sulfonamides is 1. The highest BCUT2D eigenvalue weighted by Gasteiger charge is 2.26. The van der Waals surface area contributed by atoms with Gasteiger partial charge in [0.05, 0.1) is 11.4 Å². The molecule has 0 fully saturated rings. The number of amides is 1. The summed E-state index contributed by atoms with van der Waals surface area (Å²) in [5.74, 6) is -0.721. The van der Waals surface area contributed by atoms with Crippen LogP contribution in [0.2, 0.25) is 5.02 Å². The molecule has 0 aliphatic carbocycles. The lowest BCUT2D eigenvalue weighted by molar-refractivity contribution is -0.118. The number of hydrogen-bond donors (Lipinski definition) is 1. The fourth-order valence-corrected chi connectivity index (χ4v) is 3.66. The molecule has 22 heavy (non-hydrogen) atoms. The lowest BCUT2D eigenvalue weighted by Crippen LogP contribution is -2.38. The standard InChI is InChI=1S/C15H15ClN2O3S/c16-13-7-4-8-14(9-13)22(20,21)18(11-15(17)19)10-12-5-2-1-3-6-12/h1-9H,10-11H2,(H2,17,19). The summed E-state index contributed by atoms with van der Waals surface area (Å²) >= 11 is 5.85. The number of halogens is 1. The van der Waals surface area contributed by atoms with Crippen LogP contribution in [0.3, 0.4) is 0 Å². The number of carbonyl (C=O) groups excluding carboxylic acids is 1. The van der Waals surface area contributed by atoms with Crippen LogP contribution >= 0.6 is 11.6 Å². The maximum absolute atomic E-state index is 12.7. The molecule has 2 aromatic carbocycles. The van der Waals surface area contributed by atoms with E-state index in [4.69, 9.17) is 17.3 Å². The fraction of sp³-hybridized carbons (Fsp3) is 0.133. The quantitative estimate of drug-likeness (QED) is 0.875. The summed E-state index contributed by atoms with van der Waals surface area (Å²) in [6, 6.07) is 14.9. The number of nitrogens with two attached hydrogens (primary N) is 1. The van der Waals surface area contributed by atoms with E-state index < -0.39 is 22.5 Å². The van der Waals surface area contributed by atoms with Crippen molar-refractivity contribution in [3.8, 4) is 0 Å². The number of nitrogens with zero attached hydrogens (tertiary/aromatic N) is 1. The molecule has 0 atom stereocenters. The van der Waals surface area contributed by atoms with E-state index in [-0.39, 0.29) is 11.4 Å². The summed E-state index contributed by atoms with van der Waals surface area (Å²) in [5.41, 5.74) is 5.94. The molecule has 1 amide bonds. The van der Waals surface area contributed by atoms with Crippen LogP contribution in [-0.2, 0) is 21.4 Å². The molecule has 2 aromatic rings. The van der Waals surface area contributed by atoms with Crippen LogP contribution in [0.5, 0.6) is 0 Å². The van der Waals surface area contributed by atoms with Gasteiger partial charge in [0.15, 0.2) is 0 Å². The van der Waals surface area contributed by atoms with Crippen molar-refractivity contribution < 1.29 is 13.2 Å². The van der Waals surface area contributed by atoms with Crippen LogP contribution in [-0.4, -0.2) is 25.2 Å². The molecule has 0 unspecified atom stereocenters. The third-order valence-corrected chi connectivity index (χ3v) is 4.99. The SMILES string of the molecule is NC(=O)CN(Cc1ccccc1)S(=O)(=O)c1cccc(Cl)c1. The smallest absolute Gasteiger partial charge is 0.243 e. The first kappa shape index (κ1) is 16.5. The van der Waals surface area contributed by atoms with Crippen molar-refractivity contribution in [2.45, 2.75) is 11.4 Å². The summed E-state index contributed by atoms with van der Waals surface area (Å²) in [6.45, 7) is -0.345. The Morgan fingerprint density at radius 1 is 1.09 bits per heavy atom. The third kappa shape index (κ3) is 4.07. The summed E-state index contributed by atoms with van der Waals surface area (Å²) in [5, 5.41) is 0.305. The number of hydrogen-bond acceptors (Lipinski definition) is 3.